The number of nitrogens with zero attached hydrogens (tertiary/aromatic N) is 1. The number of sulfonamides is 2. The predicted octanol–water partition coefficient (Wildman–Crippen LogP) is 3.85. The van der Waals surface area contributed by atoms with E-state index in [9.17, 15) is 21.6 Å². The lowest BCUT2D eigenvalue weighted by Gasteiger charge is -2.21. The first-order chi connectivity index (χ1) is 15.5. The average molecular weight is 488 g/mol. The molecule has 3 aromatic rings. The summed E-state index contributed by atoms with van der Waals surface area (Å²) in [4.78, 5) is 12.2. The highest BCUT2D eigenvalue weighted by atomic mass is 32.2. The molecule has 1 aliphatic heterocycles. The first-order valence-corrected chi connectivity index (χ1v) is 13.4. The molecule has 33 heavy (non-hydrogen) atoms. The third kappa shape index (κ3) is 3.77. The van der Waals surface area contributed by atoms with E-state index in [2.05, 4.69) is 10.0 Å². The van der Waals surface area contributed by atoms with Gasteiger partial charge in [0.25, 0.3) is 15.9 Å². The van der Waals surface area contributed by atoms with Crippen molar-refractivity contribution in [1.29, 1.82) is 0 Å². The zero-order valence-electron chi connectivity index (χ0n) is 18.8. The SMILES string of the molecule is CCN(CC)S(=O)(=O)c1cc(C)c(C)c(NS(=O)(=O)c2ccc3c4c(cccc24)C(=O)N3)c1. The Hall–Kier alpha value is -2.95. The fourth-order valence-corrected chi connectivity index (χ4v) is 6.98. The quantitative estimate of drug-likeness (QED) is 0.526. The number of aryl methyl sites for hydroxylation is 1. The average Bonchev–Trinajstić information content (AvgIpc) is 3.09. The van der Waals surface area contributed by atoms with Crippen LogP contribution in [-0.2, 0) is 20.0 Å². The second-order valence-electron chi connectivity index (χ2n) is 7.90. The third-order valence-electron chi connectivity index (χ3n) is 6.01. The minimum atomic E-state index is -4.09. The van der Waals surface area contributed by atoms with Gasteiger partial charge in [-0.2, -0.15) is 4.31 Å². The second kappa shape index (κ2) is 8.12. The maximum atomic E-state index is 13.4. The van der Waals surface area contributed by atoms with Gasteiger partial charge in [0.2, 0.25) is 10.0 Å². The van der Waals surface area contributed by atoms with Crippen LogP contribution >= 0.6 is 0 Å². The first kappa shape index (κ1) is 23.2. The summed E-state index contributed by atoms with van der Waals surface area (Å²) < 4.78 is 56.9. The number of hydrogen-bond acceptors (Lipinski definition) is 5. The molecule has 8 nitrogen and oxygen atoms in total. The van der Waals surface area contributed by atoms with Gasteiger partial charge in [0, 0.05) is 35.1 Å². The molecule has 0 bridgehead atoms. The fourth-order valence-electron chi connectivity index (χ4n) is 4.09. The predicted molar refractivity (Wildman–Crippen MR) is 129 cm³/mol. The highest BCUT2D eigenvalue weighted by Crippen LogP contribution is 2.37. The summed E-state index contributed by atoms with van der Waals surface area (Å²) in [6.45, 7) is 7.59. The monoisotopic (exact) mass is 487 g/mol. The maximum absolute atomic E-state index is 13.4. The number of benzene rings is 3. The topological polar surface area (TPSA) is 113 Å². The van der Waals surface area contributed by atoms with E-state index in [0.29, 0.717) is 46.2 Å². The number of nitrogens with one attached hydrogen (secondary N) is 2. The molecule has 0 saturated carbocycles. The van der Waals surface area contributed by atoms with E-state index in [-0.39, 0.29) is 21.4 Å². The summed E-state index contributed by atoms with van der Waals surface area (Å²) in [6, 6.07) is 10.8. The molecule has 3 aromatic carbocycles. The summed E-state index contributed by atoms with van der Waals surface area (Å²) in [6.07, 6.45) is 0. The minimum Gasteiger partial charge on any atom is -0.321 e. The molecule has 10 heteroatoms. The van der Waals surface area contributed by atoms with Crippen LogP contribution in [0.25, 0.3) is 10.8 Å². The molecule has 0 fully saturated rings. The Kier molecular flexibility index (Phi) is 5.71. The molecule has 0 atom stereocenters. The van der Waals surface area contributed by atoms with Gasteiger partial charge in [-0.3, -0.25) is 9.52 Å². The molecule has 1 aliphatic rings. The Bertz CT molecular complexity index is 1510. The smallest absolute Gasteiger partial charge is 0.262 e. The van der Waals surface area contributed by atoms with Gasteiger partial charge >= 0.3 is 0 Å². The van der Waals surface area contributed by atoms with Crippen LogP contribution in [0.2, 0.25) is 0 Å². The summed E-state index contributed by atoms with van der Waals surface area (Å²) >= 11 is 0. The molecule has 0 radical (unpaired) electrons. The Morgan fingerprint density at radius 3 is 2.33 bits per heavy atom. The summed E-state index contributed by atoms with van der Waals surface area (Å²) in [5.74, 6) is -0.279. The number of rotatable bonds is 7. The lowest BCUT2D eigenvalue weighted by Crippen LogP contribution is -2.30. The van der Waals surface area contributed by atoms with E-state index in [1.54, 1.807) is 58.0 Å². The zero-order chi connectivity index (χ0) is 24.1. The van der Waals surface area contributed by atoms with Crippen molar-refractivity contribution in [3.8, 4) is 0 Å². The van der Waals surface area contributed by atoms with Crippen LogP contribution in [0.1, 0.15) is 35.3 Å². The Morgan fingerprint density at radius 1 is 0.970 bits per heavy atom. The molecular weight excluding hydrogens is 462 g/mol. The number of hydrogen-bond donors (Lipinski definition) is 2. The highest BCUT2D eigenvalue weighted by molar-refractivity contribution is 7.93. The molecule has 174 valence electrons. The number of carbonyl (C=O) groups is 1. The van der Waals surface area contributed by atoms with Crippen molar-refractivity contribution in [1.82, 2.24) is 4.31 Å². The van der Waals surface area contributed by atoms with Crippen molar-refractivity contribution >= 4 is 48.1 Å². The van der Waals surface area contributed by atoms with Crippen LogP contribution in [0.15, 0.2) is 52.3 Å². The van der Waals surface area contributed by atoms with Gasteiger partial charge < -0.3 is 5.32 Å². The largest absolute Gasteiger partial charge is 0.321 e. The normalized spacial score (nSPS) is 13.5. The van der Waals surface area contributed by atoms with Gasteiger partial charge in [-0.05, 0) is 55.3 Å². The molecule has 0 aliphatic carbocycles. The second-order valence-corrected chi connectivity index (χ2v) is 11.5. The van der Waals surface area contributed by atoms with Gasteiger partial charge in [-0.1, -0.05) is 26.0 Å². The van der Waals surface area contributed by atoms with Crippen molar-refractivity contribution in [3.05, 3.63) is 59.2 Å². The van der Waals surface area contributed by atoms with Crippen LogP contribution in [0, 0.1) is 13.8 Å². The van der Waals surface area contributed by atoms with E-state index in [0.717, 1.165) is 0 Å². The summed E-state index contributed by atoms with van der Waals surface area (Å²) in [5.41, 5.74) is 2.44. The lowest BCUT2D eigenvalue weighted by atomic mass is 10.1. The number of carbonyl (C=O) groups excluding carboxylic acids is 1. The Labute approximate surface area is 193 Å². The number of anilines is 2. The van der Waals surface area contributed by atoms with Crippen molar-refractivity contribution in [2.75, 3.05) is 23.1 Å². The zero-order valence-corrected chi connectivity index (χ0v) is 20.4. The lowest BCUT2D eigenvalue weighted by molar-refractivity contribution is 0.103. The molecule has 0 unspecified atom stereocenters. The van der Waals surface area contributed by atoms with E-state index in [1.807, 2.05) is 0 Å². The van der Waals surface area contributed by atoms with Gasteiger partial charge in [0.1, 0.15) is 0 Å². The molecule has 0 saturated heterocycles. The van der Waals surface area contributed by atoms with Crippen LogP contribution < -0.4 is 10.0 Å². The molecule has 2 N–H and O–H groups in total. The standard InChI is InChI=1S/C23H25N3O5S2/c1-5-26(6-2)33(30,31)16-12-14(3)15(4)20(13-16)25-32(28,29)21-11-10-19-22-17(21)8-7-9-18(22)23(27)24-19/h7-13,25H,5-6H2,1-4H3,(H,24,27). The highest BCUT2D eigenvalue weighted by Gasteiger charge is 2.28. The first-order valence-electron chi connectivity index (χ1n) is 10.5. The fraction of sp³-hybridized carbons (Fsp3) is 0.261. The van der Waals surface area contributed by atoms with E-state index in [4.69, 9.17) is 0 Å². The molecular formula is C23H25N3O5S2. The van der Waals surface area contributed by atoms with Crippen LogP contribution in [0.4, 0.5) is 11.4 Å². The van der Waals surface area contributed by atoms with E-state index >= 15 is 0 Å². The molecule has 0 spiro atoms. The van der Waals surface area contributed by atoms with Gasteiger partial charge in [0.15, 0.2) is 0 Å². The van der Waals surface area contributed by atoms with Crippen molar-refractivity contribution < 1.29 is 21.6 Å². The van der Waals surface area contributed by atoms with E-state index in [1.165, 1.54) is 16.4 Å². The minimum absolute atomic E-state index is 0.00801. The van der Waals surface area contributed by atoms with Crippen molar-refractivity contribution in [2.45, 2.75) is 37.5 Å². The molecule has 1 amide bonds. The van der Waals surface area contributed by atoms with Crippen molar-refractivity contribution in [2.24, 2.45) is 0 Å². The molecule has 4 rings (SSSR count). The summed E-state index contributed by atoms with van der Waals surface area (Å²) in [5, 5.41) is 3.70. The molecule has 0 aromatic heterocycles. The van der Waals surface area contributed by atoms with Crippen LogP contribution in [-0.4, -0.2) is 40.1 Å². The maximum Gasteiger partial charge on any atom is 0.262 e. The Balaban J connectivity index is 1.83. The Morgan fingerprint density at radius 2 is 1.67 bits per heavy atom. The van der Waals surface area contributed by atoms with Gasteiger partial charge in [0.05, 0.1) is 15.5 Å². The molecule has 1 heterocycles. The summed E-state index contributed by atoms with van der Waals surface area (Å²) in [7, 11) is -7.87. The van der Waals surface area contributed by atoms with Crippen LogP contribution in [0.3, 0.4) is 0 Å². The van der Waals surface area contributed by atoms with E-state index < -0.39 is 20.0 Å². The number of amides is 1. The third-order valence-corrected chi connectivity index (χ3v) is 9.46. The van der Waals surface area contributed by atoms with Gasteiger partial charge in [-0.15, -0.1) is 0 Å². The van der Waals surface area contributed by atoms with Gasteiger partial charge in [-0.25, -0.2) is 16.8 Å². The van der Waals surface area contributed by atoms with Crippen molar-refractivity contribution in [3.63, 3.8) is 0 Å². The van der Waals surface area contributed by atoms with Crippen LogP contribution in [0.5, 0.6) is 0 Å².